The Balaban J connectivity index is 1.81. The summed E-state index contributed by atoms with van der Waals surface area (Å²) in [6.45, 7) is 0. The summed E-state index contributed by atoms with van der Waals surface area (Å²) in [5.74, 6) is 1.21. The van der Waals surface area contributed by atoms with Crippen LogP contribution in [-0.2, 0) is 14.1 Å². The van der Waals surface area contributed by atoms with E-state index < -0.39 is 0 Å². The number of nitrogens with zero attached hydrogens (tertiary/aromatic N) is 3. The molecule has 1 aliphatic heterocycles. The van der Waals surface area contributed by atoms with Crippen LogP contribution < -0.4 is 26.0 Å². The number of rotatable bonds is 4. The van der Waals surface area contributed by atoms with Crippen LogP contribution >= 0.6 is 0 Å². The van der Waals surface area contributed by atoms with Crippen LogP contribution in [0.2, 0.25) is 0 Å². The highest BCUT2D eigenvalue weighted by Crippen LogP contribution is 2.46. The molecular weight excluding hydrogens is 468 g/mol. The normalized spacial score (nSPS) is 14.1. The SMILES string of the molecule is COc1ccc([C@H]2Nc3ccccc3-n3c(-c4ccccc4)c4c(=O)n(C)c(=O)n(C)c4c32)cc1OC. The van der Waals surface area contributed by atoms with Crippen molar-refractivity contribution in [3.8, 4) is 28.4 Å². The summed E-state index contributed by atoms with van der Waals surface area (Å²) in [5, 5.41) is 4.15. The van der Waals surface area contributed by atoms with Gasteiger partial charge in [-0.15, -0.1) is 0 Å². The summed E-state index contributed by atoms with van der Waals surface area (Å²) < 4.78 is 15.9. The summed E-state index contributed by atoms with van der Waals surface area (Å²) in [7, 11) is 6.44. The molecule has 0 spiro atoms. The maximum Gasteiger partial charge on any atom is 0.331 e. The fraction of sp³-hybridized carbons (Fsp3) is 0.172. The van der Waals surface area contributed by atoms with Crippen LogP contribution in [0.25, 0.3) is 27.8 Å². The van der Waals surface area contributed by atoms with Gasteiger partial charge in [-0.25, -0.2) is 4.79 Å². The van der Waals surface area contributed by atoms with Gasteiger partial charge in [0.1, 0.15) is 0 Å². The zero-order valence-corrected chi connectivity index (χ0v) is 21.0. The molecular formula is C29H26N4O4. The summed E-state index contributed by atoms with van der Waals surface area (Å²) >= 11 is 0. The molecule has 0 aliphatic carbocycles. The Morgan fingerprint density at radius 1 is 0.811 bits per heavy atom. The van der Waals surface area contributed by atoms with Crippen LogP contribution in [0.1, 0.15) is 17.3 Å². The monoisotopic (exact) mass is 494 g/mol. The third kappa shape index (κ3) is 3.22. The molecule has 1 atom stereocenters. The molecule has 6 rings (SSSR count). The number of nitrogens with one attached hydrogen (secondary N) is 1. The number of aryl methyl sites for hydroxylation is 1. The standard InChI is InChI=1S/C29H26N4O4/c1-31-26-23(28(34)32(2)29(31)35)25(17-10-6-5-7-11-17)33-20-13-9-8-12-19(20)30-24(27(26)33)18-14-15-21(36-3)22(16-18)37-4/h5-16,24,30H,1-4H3/t24-/m1/s1. The van der Waals surface area contributed by atoms with E-state index in [0.717, 1.165) is 33.9 Å². The first-order valence-corrected chi connectivity index (χ1v) is 11.9. The van der Waals surface area contributed by atoms with Crippen molar-refractivity contribution in [1.29, 1.82) is 0 Å². The van der Waals surface area contributed by atoms with Crippen LogP contribution in [0.3, 0.4) is 0 Å². The van der Waals surface area contributed by atoms with Gasteiger partial charge in [-0.05, 0) is 35.4 Å². The molecule has 1 N–H and O–H groups in total. The molecule has 1 aliphatic rings. The van der Waals surface area contributed by atoms with E-state index in [9.17, 15) is 9.59 Å². The second-order valence-electron chi connectivity index (χ2n) is 9.07. The lowest BCUT2D eigenvalue weighted by Gasteiger charge is -2.31. The van der Waals surface area contributed by atoms with E-state index in [1.807, 2.05) is 72.8 Å². The Morgan fingerprint density at radius 2 is 1.51 bits per heavy atom. The van der Waals surface area contributed by atoms with Gasteiger partial charge in [0.15, 0.2) is 11.5 Å². The van der Waals surface area contributed by atoms with Crippen LogP contribution in [0.15, 0.2) is 82.4 Å². The number of methoxy groups -OCH3 is 2. The Bertz CT molecular complexity index is 1800. The highest BCUT2D eigenvalue weighted by molar-refractivity contribution is 5.99. The molecule has 186 valence electrons. The van der Waals surface area contributed by atoms with Gasteiger partial charge in [0.2, 0.25) is 0 Å². The average Bonchev–Trinajstić information content (AvgIpc) is 3.31. The van der Waals surface area contributed by atoms with Gasteiger partial charge in [0, 0.05) is 14.1 Å². The Hall–Kier alpha value is -4.72. The highest BCUT2D eigenvalue weighted by Gasteiger charge is 2.35. The Kier molecular flexibility index (Phi) is 5.19. The van der Waals surface area contributed by atoms with Gasteiger partial charge < -0.3 is 19.4 Å². The number of aromatic nitrogens is 3. The van der Waals surface area contributed by atoms with Gasteiger partial charge >= 0.3 is 5.69 Å². The number of hydrogen-bond donors (Lipinski definition) is 1. The largest absolute Gasteiger partial charge is 0.493 e. The zero-order chi connectivity index (χ0) is 25.8. The van der Waals surface area contributed by atoms with E-state index in [2.05, 4.69) is 9.88 Å². The lowest BCUT2D eigenvalue weighted by atomic mass is 9.99. The van der Waals surface area contributed by atoms with Gasteiger partial charge in [0.25, 0.3) is 5.56 Å². The zero-order valence-electron chi connectivity index (χ0n) is 21.0. The van der Waals surface area contributed by atoms with Crippen molar-refractivity contribution in [2.24, 2.45) is 14.1 Å². The Morgan fingerprint density at radius 3 is 2.24 bits per heavy atom. The molecule has 0 bridgehead atoms. The molecule has 37 heavy (non-hydrogen) atoms. The van der Waals surface area contributed by atoms with E-state index >= 15 is 0 Å². The van der Waals surface area contributed by atoms with Crippen LogP contribution in [0, 0.1) is 0 Å². The summed E-state index contributed by atoms with van der Waals surface area (Å²) in [6.07, 6.45) is 0. The molecule has 3 heterocycles. The number of hydrogen-bond acceptors (Lipinski definition) is 5. The maximum absolute atomic E-state index is 13.7. The van der Waals surface area contributed by atoms with Crippen molar-refractivity contribution >= 4 is 16.6 Å². The maximum atomic E-state index is 13.7. The van der Waals surface area contributed by atoms with Crippen molar-refractivity contribution < 1.29 is 9.47 Å². The lowest BCUT2D eigenvalue weighted by Crippen LogP contribution is -2.37. The molecule has 8 heteroatoms. The number of benzene rings is 3. The minimum Gasteiger partial charge on any atom is -0.493 e. The smallest absolute Gasteiger partial charge is 0.331 e. The van der Waals surface area contributed by atoms with Gasteiger partial charge in [0.05, 0.1) is 53.9 Å². The minimum absolute atomic E-state index is 0.331. The second kappa shape index (κ2) is 8.44. The molecule has 0 saturated heterocycles. The molecule has 0 radical (unpaired) electrons. The van der Waals surface area contributed by atoms with Crippen LogP contribution in [0.5, 0.6) is 11.5 Å². The van der Waals surface area contributed by atoms with Gasteiger partial charge in [-0.3, -0.25) is 13.9 Å². The molecule has 3 aromatic carbocycles. The van der Waals surface area contributed by atoms with Gasteiger partial charge in [-0.2, -0.15) is 0 Å². The van der Waals surface area contributed by atoms with Crippen molar-refractivity contribution in [1.82, 2.24) is 13.7 Å². The first kappa shape index (κ1) is 22.7. The average molecular weight is 495 g/mol. The molecule has 0 amide bonds. The van der Waals surface area contributed by atoms with E-state index in [1.54, 1.807) is 25.8 Å². The number of para-hydroxylation sites is 2. The molecule has 0 saturated carbocycles. The predicted octanol–water partition coefficient (Wildman–Crippen LogP) is 4.23. The lowest BCUT2D eigenvalue weighted by molar-refractivity contribution is 0.354. The Labute approximate surface area is 212 Å². The first-order chi connectivity index (χ1) is 18.0. The van der Waals surface area contributed by atoms with Crippen molar-refractivity contribution in [2.45, 2.75) is 6.04 Å². The third-order valence-corrected chi connectivity index (χ3v) is 7.11. The molecule has 0 unspecified atom stereocenters. The fourth-order valence-electron chi connectivity index (χ4n) is 5.37. The number of ether oxygens (including phenoxy) is 2. The van der Waals surface area contributed by atoms with E-state index in [4.69, 9.17) is 9.47 Å². The minimum atomic E-state index is -0.382. The summed E-state index contributed by atoms with van der Waals surface area (Å²) in [6, 6.07) is 23.2. The highest BCUT2D eigenvalue weighted by atomic mass is 16.5. The van der Waals surface area contributed by atoms with E-state index in [-0.39, 0.29) is 17.3 Å². The topological polar surface area (TPSA) is 79.4 Å². The van der Waals surface area contributed by atoms with Crippen molar-refractivity contribution in [2.75, 3.05) is 19.5 Å². The molecule has 2 aromatic heterocycles. The van der Waals surface area contributed by atoms with Gasteiger partial charge in [-0.1, -0.05) is 48.5 Å². The summed E-state index contributed by atoms with van der Waals surface area (Å²) in [4.78, 5) is 26.9. The third-order valence-electron chi connectivity index (χ3n) is 7.11. The van der Waals surface area contributed by atoms with Crippen LogP contribution in [-0.4, -0.2) is 27.9 Å². The van der Waals surface area contributed by atoms with Crippen LogP contribution in [0.4, 0.5) is 5.69 Å². The first-order valence-electron chi connectivity index (χ1n) is 11.9. The summed E-state index contributed by atoms with van der Waals surface area (Å²) in [5.41, 5.74) is 5.04. The second-order valence-corrected chi connectivity index (χ2v) is 9.07. The molecule has 5 aromatic rings. The predicted molar refractivity (Wildman–Crippen MR) is 144 cm³/mol. The number of fused-ring (bicyclic) bond motifs is 5. The van der Waals surface area contributed by atoms with Crippen molar-refractivity contribution in [3.05, 3.63) is 105 Å². The number of anilines is 1. The van der Waals surface area contributed by atoms with E-state index in [0.29, 0.717) is 22.4 Å². The fourth-order valence-corrected chi connectivity index (χ4v) is 5.37. The van der Waals surface area contributed by atoms with E-state index in [1.165, 1.54) is 11.6 Å². The quantitative estimate of drug-likeness (QED) is 0.405. The molecule has 8 nitrogen and oxygen atoms in total. The molecule has 0 fully saturated rings. The van der Waals surface area contributed by atoms with Crippen molar-refractivity contribution in [3.63, 3.8) is 0 Å².